The van der Waals surface area contributed by atoms with E-state index in [9.17, 15) is 9.18 Å². The maximum Gasteiger partial charge on any atom is 0.226 e. The monoisotopic (exact) mass is 224 g/mol. The average Bonchev–Trinajstić information content (AvgIpc) is 2.23. The molecule has 1 unspecified atom stereocenters. The fourth-order valence-corrected chi connectivity index (χ4v) is 1.32. The number of benzene rings is 1. The highest BCUT2D eigenvalue weighted by molar-refractivity contribution is 5.91. The lowest BCUT2D eigenvalue weighted by Crippen LogP contribution is -2.26. The van der Waals surface area contributed by atoms with Gasteiger partial charge in [0.25, 0.3) is 0 Å². The van der Waals surface area contributed by atoms with Crippen LogP contribution in [0, 0.1) is 12.7 Å². The molecule has 1 atom stereocenters. The summed E-state index contributed by atoms with van der Waals surface area (Å²) in [5.74, 6) is -0.678. The molecule has 3 nitrogen and oxygen atoms in total. The van der Waals surface area contributed by atoms with Gasteiger partial charge in [0, 0.05) is 12.5 Å². The predicted octanol–water partition coefficient (Wildman–Crippen LogP) is 2.20. The summed E-state index contributed by atoms with van der Waals surface area (Å²) in [6, 6.07) is 4.42. The third kappa shape index (κ3) is 3.62. The summed E-state index contributed by atoms with van der Waals surface area (Å²) >= 11 is 0. The van der Waals surface area contributed by atoms with E-state index in [1.165, 1.54) is 6.07 Å². The maximum absolute atomic E-state index is 13.3. The van der Waals surface area contributed by atoms with Gasteiger partial charge < -0.3 is 11.1 Å². The lowest BCUT2D eigenvalue weighted by molar-refractivity contribution is -0.116. The largest absolute Gasteiger partial charge is 0.327 e. The summed E-state index contributed by atoms with van der Waals surface area (Å²) in [6.45, 7) is 3.75. The fourth-order valence-electron chi connectivity index (χ4n) is 1.32. The van der Waals surface area contributed by atoms with Gasteiger partial charge in [-0.05, 0) is 31.0 Å². The zero-order chi connectivity index (χ0) is 12.1. The average molecular weight is 224 g/mol. The second kappa shape index (κ2) is 5.61. The Labute approximate surface area is 94.8 Å². The normalized spacial score (nSPS) is 12.2. The van der Waals surface area contributed by atoms with E-state index in [-0.39, 0.29) is 24.1 Å². The Hall–Kier alpha value is -1.42. The minimum atomic E-state index is -0.427. The number of hydrogen-bond acceptors (Lipinski definition) is 2. The Kier molecular flexibility index (Phi) is 4.43. The highest BCUT2D eigenvalue weighted by Crippen LogP contribution is 2.15. The first kappa shape index (κ1) is 12.6. The number of rotatable bonds is 4. The summed E-state index contributed by atoms with van der Waals surface area (Å²) in [4.78, 5) is 11.5. The molecule has 0 bridgehead atoms. The van der Waals surface area contributed by atoms with E-state index in [0.29, 0.717) is 0 Å². The lowest BCUT2D eigenvalue weighted by Gasteiger charge is -2.10. The minimum Gasteiger partial charge on any atom is -0.327 e. The van der Waals surface area contributed by atoms with Crippen molar-refractivity contribution < 1.29 is 9.18 Å². The van der Waals surface area contributed by atoms with Crippen LogP contribution in [0.4, 0.5) is 10.1 Å². The molecule has 88 valence electrons. The van der Waals surface area contributed by atoms with Crippen molar-refractivity contribution >= 4 is 11.6 Å². The molecule has 0 aliphatic rings. The quantitative estimate of drug-likeness (QED) is 0.823. The van der Waals surface area contributed by atoms with E-state index < -0.39 is 5.82 Å². The van der Waals surface area contributed by atoms with E-state index in [0.717, 1.165) is 12.0 Å². The number of carbonyl (C=O) groups excluding carboxylic acids is 1. The molecule has 0 heterocycles. The Balaban J connectivity index is 2.65. The number of hydrogen-bond donors (Lipinski definition) is 2. The summed E-state index contributed by atoms with van der Waals surface area (Å²) in [7, 11) is 0. The molecule has 1 rings (SSSR count). The number of aryl methyl sites for hydroxylation is 1. The van der Waals surface area contributed by atoms with Crippen molar-refractivity contribution in [3.05, 3.63) is 29.6 Å². The van der Waals surface area contributed by atoms with Crippen LogP contribution in [-0.4, -0.2) is 11.9 Å². The van der Waals surface area contributed by atoms with Gasteiger partial charge in [0.2, 0.25) is 5.91 Å². The number of nitrogens with two attached hydrogens (primary N) is 1. The van der Waals surface area contributed by atoms with Crippen LogP contribution in [0.15, 0.2) is 18.2 Å². The van der Waals surface area contributed by atoms with E-state index in [2.05, 4.69) is 5.32 Å². The zero-order valence-electron chi connectivity index (χ0n) is 9.59. The van der Waals surface area contributed by atoms with Gasteiger partial charge in [-0.1, -0.05) is 13.0 Å². The SMILES string of the molecule is CCC(N)CC(=O)Nc1cc(C)ccc1F. The van der Waals surface area contributed by atoms with E-state index in [1.54, 1.807) is 12.1 Å². The molecule has 0 aliphatic heterocycles. The molecule has 0 aliphatic carbocycles. The number of halogens is 1. The smallest absolute Gasteiger partial charge is 0.226 e. The van der Waals surface area contributed by atoms with Crippen molar-refractivity contribution in [3.63, 3.8) is 0 Å². The van der Waals surface area contributed by atoms with Gasteiger partial charge in [0.15, 0.2) is 0 Å². The molecule has 0 saturated carbocycles. The molecule has 0 fully saturated rings. The molecule has 16 heavy (non-hydrogen) atoms. The Morgan fingerprint density at radius 3 is 2.88 bits per heavy atom. The fraction of sp³-hybridized carbons (Fsp3) is 0.417. The molecule has 0 aromatic heterocycles. The molecule has 0 radical (unpaired) electrons. The van der Waals surface area contributed by atoms with E-state index in [4.69, 9.17) is 5.73 Å². The first-order chi connectivity index (χ1) is 7.52. The molecule has 1 aromatic carbocycles. The van der Waals surface area contributed by atoms with Crippen molar-refractivity contribution in [2.45, 2.75) is 32.7 Å². The van der Waals surface area contributed by atoms with Crippen LogP contribution in [0.5, 0.6) is 0 Å². The van der Waals surface area contributed by atoms with E-state index in [1.807, 2.05) is 13.8 Å². The molecule has 0 saturated heterocycles. The van der Waals surface area contributed by atoms with Crippen LogP contribution in [0.2, 0.25) is 0 Å². The standard InChI is InChI=1S/C12H17FN2O/c1-3-9(14)7-12(16)15-11-6-8(2)4-5-10(11)13/h4-6,9H,3,7,14H2,1-2H3,(H,15,16). The van der Waals surface area contributed by atoms with Crippen LogP contribution in [0.1, 0.15) is 25.3 Å². The molecular weight excluding hydrogens is 207 g/mol. The zero-order valence-corrected chi connectivity index (χ0v) is 9.59. The van der Waals surface area contributed by atoms with Gasteiger partial charge in [-0.2, -0.15) is 0 Å². The molecule has 3 N–H and O–H groups in total. The second-order valence-electron chi connectivity index (χ2n) is 3.90. The summed E-state index contributed by atoms with van der Waals surface area (Å²) < 4.78 is 13.3. The molecular formula is C12H17FN2O. The Morgan fingerprint density at radius 2 is 2.25 bits per heavy atom. The predicted molar refractivity (Wildman–Crippen MR) is 62.7 cm³/mol. The third-order valence-corrected chi connectivity index (χ3v) is 2.37. The Bertz CT molecular complexity index is 379. The van der Waals surface area contributed by atoms with Gasteiger partial charge >= 0.3 is 0 Å². The minimum absolute atomic E-state index is 0.173. The molecule has 1 amide bonds. The van der Waals surface area contributed by atoms with Crippen molar-refractivity contribution in [2.75, 3.05) is 5.32 Å². The van der Waals surface area contributed by atoms with Gasteiger partial charge in [0.05, 0.1) is 5.69 Å². The van der Waals surface area contributed by atoms with Gasteiger partial charge in [-0.15, -0.1) is 0 Å². The number of amides is 1. The van der Waals surface area contributed by atoms with Crippen molar-refractivity contribution in [1.29, 1.82) is 0 Å². The maximum atomic E-state index is 13.3. The Morgan fingerprint density at radius 1 is 1.56 bits per heavy atom. The molecule has 0 spiro atoms. The number of nitrogens with one attached hydrogen (secondary N) is 1. The van der Waals surface area contributed by atoms with Crippen molar-refractivity contribution in [1.82, 2.24) is 0 Å². The van der Waals surface area contributed by atoms with Gasteiger partial charge in [-0.3, -0.25) is 4.79 Å². The molecule has 1 aromatic rings. The van der Waals surface area contributed by atoms with Crippen LogP contribution in [0.3, 0.4) is 0 Å². The van der Waals surface area contributed by atoms with Crippen LogP contribution < -0.4 is 11.1 Å². The van der Waals surface area contributed by atoms with Crippen LogP contribution >= 0.6 is 0 Å². The first-order valence-electron chi connectivity index (χ1n) is 5.34. The highest BCUT2D eigenvalue weighted by atomic mass is 19.1. The van der Waals surface area contributed by atoms with Crippen molar-refractivity contribution in [3.8, 4) is 0 Å². The third-order valence-electron chi connectivity index (χ3n) is 2.37. The van der Waals surface area contributed by atoms with E-state index >= 15 is 0 Å². The summed E-state index contributed by atoms with van der Waals surface area (Å²) in [5, 5.41) is 2.52. The topological polar surface area (TPSA) is 55.1 Å². The number of carbonyl (C=O) groups is 1. The van der Waals surface area contributed by atoms with Crippen LogP contribution in [0.25, 0.3) is 0 Å². The van der Waals surface area contributed by atoms with Gasteiger partial charge in [0.1, 0.15) is 5.82 Å². The van der Waals surface area contributed by atoms with Gasteiger partial charge in [-0.25, -0.2) is 4.39 Å². The van der Waals surface area contributed by atoms with Crippen LogP contribution in [-0.2, 0) is 4.79 Å². The first-order valence-corrected chi connectivity index (χ1v) is 5.34. The van der Waals surface area contributed by atoms with Crippen molar-refractivity contribution in [2.24, 2.45) is 5.73 Å². The number of anilines is 1. The highest BCUT2D eigenvalue weighted by Gasteiger charge is 2.10. The summed E-state index contributed by atoms with van der Waals surface area (Å²) in [6.07, 6.45) is 0.938. The second-order valence-corrected chi connectivity index (χ2v) is 3.90. The summed E-state index contributed by atoms with van der Waals surface area (Å²) in [5.41, 5.74) is 6.76. The lowest BCUT2D eigenvalue weighted by atomic mass is 10.1. The molecule has 4 heteroatoms.